The molecular weight excluding hydrogens is 236 g/mol. The van der Waals surface area contributed by atoms with Crippen molar-refractivity contribution in [3.63, 3.8) is 0 Å². The SMILES string of the molecule is Cc1nc(N)sc1C(=O)NC1CCCC1C#N. The summed E-state index contributed by atoms with van der Waals surface area (Å²) < 4.78 is 0. The number of nitrogens with zero attached hydrogens (tertiary/aromatic N) is 2. The number of hydrogen-bond acceptors (Lipinski definition) is 5. The molecule has 1 heterocycles. The minimum atomic E-state index is -0.163. The van der Waals surface area contributed by atoms with Gasteiger partial charge in [0.15, 0.2) is 5.13 Å². The number of hydrogen-bond donors (Lipinski definition) is 2. The van der Waals surface area contributed by atoms with Gasteiger partial charge >= 0.3 is 0 Å². The Morgan fingerprint density at radius 2 is 2.41 bits per heavy atom. The van der Waals surface area contributed by atoms with E-state index in [2.05, 4.69) is 16.4 Å². The van der Waals surface area contributed by atoms with Gasteiger partial charge in [0.05, 0.1) is 17.7 Å². The number of carbonyl (C=O) groups excluding carboxylic acids is 1. The van der Waals surface area contributed by atoms with Gasteiger partial charge in [-0.1, -0.05) is 11.3 Å². The summed E-state index contributed by atoms with van der Waals surface area (Å²) in [4.78, 5) is 16.6. The summed E-state index contributed by atoms with van der Waals surface area (Å²) in [6, 6.07) is 2.21. The first-order valence-electron chi connectivity index (χ1n) is 5.55. The molecule has 0 saturated heterocycles. The number of aromatic nitrogens is 1. The van der Waals surface area contributed by atoms with Gasteiger partial charge in [0.2, 0.25) is 0 Å². The van der Waals surface area contributed by atoms with E-state index in [0.717, 1.165) is 19.3 Å². The Hall–Kier alpha value is -1.61. The average molecular weight is 250 g/mol. The van der Waals surface area contributed by atoms with Crippen molar-refractivity contribution in [2.45, 2.75) is 32.2 Å². The lowest BCUT2D eigenvalue weighted by molar-refractivity contribution is 0.0936. The van der Waals surface area contributed by atoms with Crippen LogP contribution in [0.4, 0.5) is 5.13 Å². The van der Waals surface area contributed by atoms with Crippen molar-refractivity contribution in [1.82, 2.24) is 10.3 Å². The molecule has 0 aliphatic heterocycles. The summed E-state index contributed by atoms with van der Waals surface area (Å²) >= 11 is 1.19. The van der Waals surface area contributed by atoms with Gasteiger partial charge < -0.3 is 11.1 Å². The Bertz CT molecular complexity index is 476. The molecule has 0 bridgehead atoms. The summed E-state index contributed by atoms with van der Waals surface area (Å²) in [6.45, 7) is 1.76. The molecule has 1 aliphatic carbocycles. The fourth-order valence-corrected chi connectivity index (χ4v) is 2.89. The molecule has 3 N–H and O–H groups in total. The van der Waals surface area contributed by atoms with Crippen molar-refractivity contribution >= 4 is 22.4 Å². The zero-order valence-electron chi connectivity index (χ0n) is 9.56. The molecular formula is C11H14N4OS. The maximum absolute atomic E-state index is 12.0. The fraction of sp³-hybridized carbons (Fsp3) is 0.545. The van der Waals surface area contributed by atoms with Gasteiger partial charge in [0.25, 0.3) is 5.91 Å². The number of anilines is 1. The Morgan fingerprint density at radius 1 is 1.65 bits per heavy atom. The summed E-state index contributed by atoms with van der Waals surface area (Å²) in [6.07, 6.45) is 2.73. The molecule has 2 rings (SSSR count). The first-order chi connectivity index (χ1) is 8.11. The van der Waals surface area contributed by atoms with Crippen LogP contribution in [-0.4, -0.2) is 16.9 Å². The lowest BCUT2D eigenvalue weighted by Gasteiger charge is -2.14. The second-order valence-corrected chi connectivity index (χ2v) is 5.24. The molecule has 1 fully saturated rings. The van der Waals surface area contributed by atoms with Crippen molar-refractivity contribution in [3.8, 4) is 6.07 Å². The lowest BCUT2D eigenvalue weighted by atomic mass is 10.1. The normalized spacial score (nSPS) is 23.3. The molecule has 2 unspecified atom stereocenters. The predicted octanol–water partition coefficient (Wildman–Crippen LogP) is 1.46. The van der Waals surface area contributed by atoms with E-state index in [-0.39, 0.29) is 17.9 Å². The summed E-state index contributed by atoms with van der Waals surface area (Å²) in [5, 5.41) is 12.3. The van der Waals surface area contributed by atoms with Gasteiger partial charge in [-0.05, 0) is 26.2 Å². The zero-order chi connectivity index (χ0) is 12.4. The largest absolute Gasteiger partial charge is 0.375 e. The third kappa shape index (κ3) is 2.39. The Kier molecular flexibility index (Phi) is 3.29. The van der Waals surface area contributed by atoms with Gasteiger partial charge in [0, 0.05) is 6.04 Å². The number of amides is 1. The number of nitrogens with two attached hydrogens (primary N) is 1. The van der Waals surface area contributed by atoms with E-state index in [0.29, 0.717) is 15.7 Å². The molecule has 1 amide bonds. The standard InChI is InChI=1S/C11H14N4OS/c1-6-9(17-11(13)14-6)10(16)15-8-4-2-3-7(8)5-12/h7-8H,2-4H2,1H3,(H2,13,14)(H,15,16). The maximum atomic E-state index is 12.0. The molecule has 0 spiro atoms. The molecule has 17 heavy (non-hydrogen) atoms. The first-order valence-corrected chi connectivity index (χ1v) is 6.37. The number of thiazole rings is 1. The second-order valence-electron chi connectivity index (χ2n) is 4.21. The molecule has 0 radical (unpaired) electrons. The fourth-order valence-electron chi connectivity index (χ4n) is 2.15. The first kappa shape index (κ1) is 11.9. The number of nitriles is 1. The quantitative estimate of drug-likeness (QED) is 0.831. The summed E-state index contributed by atoms with van der Waals surface area (Å²) in [7, 11) is 0. The molecule has 1 saturated carbocycles. The molecule has 5 nitrogen and oxygen atoms in total. The second kappa shape index (κ2) is 4.72. The van der Waals surface area contributed by atoms with Gasteiger partial charge in [-0.3, -0.25) is 4.79 Å². The summed E-state index contributed by atoms with van der Waals surface area (Å²) in [5.74, 6) is -0.228. The van der Waals surface area contributed by atoms with Crippen LogP contribution in [-0.2, 0) is 0 Å². The van der Waals surface area contributed by atoms with Gasteiger partial charge in [0.1, 0.15) is 4.88 Å². The van der Waals surface area contributed by atoms with Crippen molar-refractivity contribution in [1.29, 1.82) is 5.26 Å². The number of aryl methyl sites for hydroxylation is 1. The summed E-state index contributed by atoms with van der Waals surface area (Å²) in [5.41, 5.74) is 6.20. The van der Waals surface area contributed by atoms with E-state index in [1.807, 2.05) is 0 Å². The minimum Gasteiger partial charge on any atom is -0.375 e. The van der Waals surface area contributed by atoms with Crippen molar-refractivity contribution < 1.29 is 4.79 Å². The van der Waals surface area contributed by atoms with Crippen LogP contribution in [0.1, 0.15) is 34.6 Å². The lowest BCUT2D eigenvalue weighted by Crippen LogP contribution is -2.36. The average Bonchev–Trinajstić information content (AvgIpc) is 2.84. The predicted molar refractivity (Wildman–Crippen MR) is 65.5 cm³/mol. The van der Waals surface area contributed by atoms with Crippen LogP contribution in [0.3, 0.4) is 0 Å². The van der Waals surface area contributed by atoms with Crippen LogP contribution in [0.15, 0.2) is 0 Å². The van der Waals surface area contributed by atoms with E-state index in [1.165, 1.54) is 11.3 Å². The van der Waals surface area contributed by atoms with E-state index in [4.69, 9.17) is 11.0 Å². The van der Waals surface area contributed by atoms with Crippen LogP contribution in [0.5, 0.6) is 0 Å². The molecule has 90 valence electrons. The highest BCUT2D eigenvalue weighted by Gasteiger charge is 2.29. The number of rotatable bonds is 2. The number of nitrogen functional groups attached to an aromatic ring is 1. The number of nitrogens with one attached hydrogen (secondary N) is 1. The third-order valence-corrected chi connectivity index (χ3v) is 4.00. The van der Waals surface area contributed by atoms with Crippen molar-refractivity contribution in [2.75, 3.05) is 5.73 Å². The topological polar surface area (TPSA) is 91.8 Å². The van der Waals surface area contributed by atoms with Crippen LogP contribution in [0, 0.1) is 24.2 Å². The van der Waals surface area contributed by atoms with E-state index < -0.39 is 0 Å². The van der Waals surface area contributed by atoms with Crippen LogP contribution in [0.25, 0.3) is 0 Å². The Labute approximate surface area is 104 Å². The van der Waals surface area contributed by atoms with E-state index >= 15 is 0 Å². The van der Waals surface area contributed by atoms with E-state index in [1.54, 1.807) is 6.92 Å². The maximum Gasteiger partial charge on any atom is 0.263 e. The third-order valence-electron chi connectivity index (χ3n) is 3.02. The molecule has 1 aliphatic rings. The van der Waals surface area contributed by atoms with Gasteiger partial charge in [-0.25, -0.2) is 4.98 Å². The van der Waals surface area contributed by atoms with Crippen LogP contribution >= 0.6 is 11.3 Å². The number of carbonyl (C=O) groups is 1. The van der Waals surface area contributed by atoms with Crippen LogP contribution < -0.4 is 11.1 Å². The highest BCUT2D eigenvalue weighted by atomic mass is 32.1. The molecule has 6 heteroatoms. The zero-order valence-corrected chi connectivity index (χ0v) is 10.4. The monoisotopic (exact) mass is 250 g/mol. The molecule has 1 aromatic rings. The molecule has 1 aromatic heterocycles. The highest BCUT2D eigenvalue weighted by Crippen LogP contribution is 2.26. The highest BCUT2D eigenvalue weighted by molar-refractivity contribution is 7.17. The van der Waals surface area contributed by atoms with Crippen molar-refractivity contribution in [3.05, 3.63) is 10.6 Å². The Balaban J connectivity index is 2.07. The van der Waals surface area contributed by atoms with Gasteiger partial charge in [-0.15, -0.1) is 0 Å². The van der Waals surface area contributed by atoms with Crippen LogP contribution in [0.2, 0.25) is 0 Å². The molecule has 2 atom stereocenters. The van der Waals surface area contributed by atoms with Crippen molar-refractivity contribution in [2.24, 2.45) is 5.92 Å². The van der Waals surface area contributed by atoms with Gasteiger partial charge in [-0.2, -0.15) is 5.26 Å². The molecule has 0 aromatic carbocycles. The Morgan fingerprint density at radius 3 is 3.00 bits per heavy atom. The van der Waals surface area contributed by atoms with E-state index in [9.17, 15) is 4.79 Å². The smallest absolute Gasteiger partial charge is 0.263 e. The minimum absolute atomic E-state index is 0.0322.